The molecule has 0 spiro atoms. The topological polar surface area (TPSA) is 40.7 Å². The molecule has 0 fully saturated rings. The molecule has 1 aromatic heterocycles. The second kappa shape index (κ2) is 7.10. The minimum absolute atomic E-state index is 0.233. The van der Waals surface area contributed by atoms with Crippen molar-refractivity contribution in [3.8, 4) is 0 Å². The van der Waals surface area contributed by atoms with Crippen molar-refractivity contribution in [2.45, 2.75) is 45.2 Å². The Balaban J connectivity index is 2.05. The first-order valence-electron chi connectivity index (χ1n) is 7.11. The van der Waals surface area contributed by atoms with Crippen LogP contribution in [0.2, 0.25) is 0 Å². The molecular formula is C16H23N3. The number of aromatic amines is 1. The Kier molecular flexibility index (Phi) is 5.16. The van der Waals surface area contributed by atoms with Gasteiger partial charge in [-0.1, -0.05) is 50.1 Å². The number of H-pyrrole nitrogens is 1. The summed E-state index contributed by atoms with van der Waals surface area (Å²) < 4.78 is 0. The van der Waals surface area contributed by atoms with Gasteiger partial charge >= 0.3 is 0 Å². The zero-order valence-corrected chi connectivity index (χ0v) is 11.8. The highest BCUT2D eigenvalue weighted by Gasteiger charge is 2.15. The molecule has 0 saturated heterocycles. The monoisotopic (exact) mass is 257 g/mol. The molecular weight excluding hydrogens is 234 g/mol. The highest BCUT2D eigenvalue weighted by Crippen LogP contribution is 2.22. The van der Waals surface area contributed by atoms with Crippen LogP contribution in [0.5, 0.6) is 0 Å². The lowest BCUT2D eigenvalue weighted by atomic mass is 10.0. The summed E-state index contributed by atoms with van der Waals surface area (Å²) in [5.74, 6) is 0.998. The minimum Gasteiger partial charge on any atom is -0.347 e. The molecule has 0 amide bonds. The van der Waals surface area contributed by atoms with Gasteiger partial charge in [0.2, 0.25) is 0 Å². The molecule has 2 aromatic rings. The van der Waals surface area contributed by atoms with Crippen LogP contribution in [0, 0.1) is 0 Å². The summed E-state index contributed by atoms with van der Waals surface area (Å²) in [5, 5.41) is 3.68. The van der Waals surface area contributed by atoms with Gasteiger partial charge in [-0.05, 0) is 18.9 Å². The summed E-state index contributed by atoms with van der Waals surface area (Å²) >= 11 is 0. The molecule has 1 aromatic carbocycles. The van der Waals surface area contributed by atoms with Crippen molar-refractivity contribution < 1.29 is 0 Å². The predicted octanol–water partition coefficient (Wildman–Crippen LogP) is 3.99. The zero-order chi connectivity index (χ0) is 13.5. The van der Waals surface area contributed by atoms with E-state index in [9.17, 15) is 0 Å². The van der Waals surface area contributed by atoms with Crippen LogP contribution in [0.1, 0.15) is 56.6 Å². The number of benzene rings is 1. The van der Waals surface area contributed by atoms with Gasteiger partial charge in [-0.3, -0.25) is 0 Å². The van der Waals surface area contributed by atoms with Gasteiger partial charge in [-0.2, -0.15) is 0 Å². The molecule has 0 radical (unpaired) electrons. The fourth-order valence-corrected chi connectivity index (χ4v) is 2.33. The van der Waals surface area contributed by atoms with Crippen LogP contribution in [0.15, 0.2) is 42.7 Å². The van der Waals surface area contributed by atoms with Crippen molar-refractivity contribution >= 4 is 0 Å². The first-order valence-corrected chi connectivity index (χ1v) is 7.11. The van der Waals surface area contributed by atoms with Gasteiger partial charge in [0.25, 0.3) is 0 Å². The van der Waals surface area contributed by atoms with Gasteiger partial charge < -0.3 is 10.3 Å². The lowest BCUT2D eigenvalue weighted by molar-refractivity contribution is 0.422. The molecule has 1 heterocycles. The minimum atomic E-state index is 0.233. The van der Waals surface area contributed by atoms with Crippen molar-refractivity contribution in [1.82, 2.24) is 15.3 Å². The number of rotatable bonds is 7. The van der Waals surface area contributed by atoms with Crippen LogP contribution in [-0.4, -0.2) is 9.97 Å². The van der Waals surface area contributed by atoms with E-state index in [1.54, 1.807) is 6.20 Å². The molecule has 3 heteroatoms. The highest BCUT2D eigenvalue weighted by atomic mass is 15.0. The Hall–Kier alpha value is -1.61. The van der Waals surface area contributed by atoms with E-state index in [-0.39, 0.29) is 6.04 Å². The molecule has 0 saturated carbocycles. The van der Waals surface area contributed by atoms with E-state index in [1.165, 1.54) is 18.4 Å². The maximum atomic E-state index is 4.33. The Labute approximate surface area is 115 Å². The van der Waals surface area contributed by atoms with Crippen molar-refractivity contribution in [2.75, 3.05) is 0 Å². The van der Waals surface area contributed by atoms with Gasteiger partial charge in [0.05, 0.1) is 6.04 Å². The molecule has 2 N–H and O–H groups in total. The third-order valence-corrected chi connectivity index (χ3v) is 3.43. The summed E-state index contributed by atoms with van der Waals surface area (Å²) in [4.78, 5) is 7.50. The molecule has 102 valence electrons. The Morgan fingerprint density at radius 3 is 2.68 bits per heavy atom. The lowest BCUT2D eigenvalue weighted by Crippen LogP contribution is -2.25. The Morgan fingerprint density at radius 2 is 2.05 bits per heavy atom. The van der Waals surface area contributed by atoms with E-state index in [1.807, 2.05) is 6.20 Å². The standard InChI is InChI=1S/C16H23N3/c1-3-4-10-15(14-8-6-5-7-9-14)19-13(2)16-17-11-12-18-16/h5-9,11-13,15,19H,3-4,10H2,1-2H3,(H,17,18). The summed E-state index contributed by atoms with van der Waals surface area (Å²) in [5.41, 5.74) is 1.36. The van der Waals surface area contributed by atoms with E-state index >= 15 is 0 Å². The van der Waals surface area contributed by atoms with Crippen molar-refractivity contribution in [3.63, 3.8) is 0 Å². The van der Waals surface area contributed by atoms with Crippen LogP contribution in [0.3, 0.4) is 0 Å². The summed E-state index contributed by atoms with van der Waals surface area (Å²) in [6, 6.07) is 11.3. The first kappa shape index (κ1) is 13.8. The number of nitrogens with one attached hydrogen (secondary N) is 2. The summed E-state index contributed by atoms with van der Waals surface area (Å²) in [6.07, 6.45) is 7.29. The average molecular weight is 257 g/mol. The van der Waals surface area contributed by atoms with E-state index in [4.69, 9.17) is 0 Å². The molecule has 0 aliphatic rings. The molecule has 0 bridgehead atoms. The number of unbranched alkanes of at least 4 members (excludes halogenated alkanes) is 1. The van der Waals surface area contributed by atoms with Gasteiger partial charge in [0.1, 0.15) is 5.82 Å². The van der Waals surface area contributed by atoms with Gasteiger partial charge in [-0.25, -0.2) is 4.98 Å². The van der Waals surface area contributed by atoms with Crippen LogP contribution >= 0.6 is 0 Å². The summed E-state index contributed by atoms with van der Waals surface area (Å²) in [6.45, 7) is 4.39. The summed E-state index contributed by atoms with van der Waals surface area (Å²) in [7, 11) is 0. The second-order valence-electron chi connectivity index (χ2n) is 4.97. The number of nitrogens with zero attached hydrogens (tertiary/aromatic N) is 1. The van der Waals surface area contributed by atoms with Gasteiger partial charge in [-0.15, -0.1) is 0 Å². The maximum absolute atomic E-state index is 4.33. The number of imidazole rings is 1. The lowest BCUT2D eigenvalue weighted by Gasteiger charge is -2.22. The van der Waals surface area contributed by atoms with Crippen molar-refractivity contribution in [1.29, 1.82) is 0 Å². The second-order valence-corrected chi connectivity index (χ2v) is 4.97. The van der Waals surface area contributed by atoms with Crippen LogP contribution in [0.4, 0.5) is 0 Å². The van der Waals surface area contributed by atoms with E-state index in [2.05, 4.69) is 59.5 Å². The van der Waals surface area contributed by atoms with Gasteiger partial charge in [0.15, 0.2) is 0 Å². The molecule has 0 aliphatic carbocycles. The maximum Gasteiger partial charge on any atom is 0.122 e. The SMILES string of the molecule is CCCCC(NC(C)c1ncc[nH]1)c1ccccc1. The number of hydrogen-bond donors (Lipinski definition) is 2. The van der Waals surface area contributed by atoms with E-state index in [0.29, 0.717) is 6.04 Å². The van der Waals surface area contributed by atoms with Crippen molar-refractivity contribution in [2.24, 2.45) is 0 Å². The van der Waals surface area contributed by atoms with E-state index in [0.717, 1.165) is 12.2 Å². The van der Waals surface area contributed by atoms with Crippen LogP contribution < -0.4 is 5.32 Å². The van der Waals surface area contributed by atoms with E-state index < -0.39 is 0 Å². The third-order valence-electron chi connectivity index (χ3n) is 3.43. The molecule has 2 rings (SSSR count). The molecule has 2 atom stereocenters. The molecule has 3 nitrogen and oxygen atoms in total. The van der Waals surface area contributed by atoms with Crippen molar-refractivity contribution in [3.05, 3.63) is 54.1 Å². The fourth-order valence-electron chi connectivity index (χ4n) is 2.33. The highest BCUT2D eigenvalue weighted by molar-refractivity contribution is 5.19. The van der Waals surface area contributed by atoms with Crippen LogP contribution in [0.25, 0.3) is 0 Å². The Morgan fingerprint density at radius 1 is 1.26 bits per heavy atom. The first-order chi connectivity index (χ1) is 9.31. The number of aromatic nitrogens is 2. The quantitative estimate of drug-likeness (QED) is 0.787. The van der Waals surface area contributed by atoms with Gasteiger partial charge in [0, 0.05) is 18.4 Å². The normalized spacial score (nSPS) is 14.2. The third kappa shape index (κ3) is 3.93. The fraction of sp³-hybridized carbons (Fsp3) is 0.438. The molecule has 2 unspecified atom stereocenters. The Bertz CT molecular complexity index is 450. The largest absolute Gasteiger partial charge is 0.347 e. The molecule has 0 aliphatic heterocycles. The average Bonchev–Trinajstić information content (AvgIpc) is 2.98. The molecule has 19 heavy (non-hydrogen) atoms. The van der Waals surface area contributed by atoms with Crippen LogP contribution in [-0.2, 0) is 0 Å². The predicted molar refractivity (Wildman–Crippen MR) is 78.8 cm³/mol. The number of hydrogen-bond acceptors (Lipinski definition) is 2. The smallest absolute Gasteiger partial charge is 0.122 e. The zero-order valence-electron chi connectivity index (χ0n) is 11.8.